The Hall–Kier alpha value is -1.09. The molecule has 1 aromatic heterocycles. The maximum atomic E-state index is 11.2. The maximum absolute atomic E-state index is 11.2. The van der Waals surface area contributed by atoms with Crippen molar-refractivity contribution in [1.82, 2.24) is 4.98 Å². The van der Waals surface area contributed by atoms with Gasteiger partial charge >= 0.3 is 0 Å². The van der Waals surface area contributed by atoms with E-state index in [1.807, 2.05) is 0 Å². The van der Waals surface area contributed by atoms with Crippen molar-refractivity contribution < 1.29 is 9.53 Å². The standard InChI is InChI=1S/C8H6ClNO2/c9-7-2-1-5-6(11)3-4-12-8(5)10-7/h1-2H,3-4H2. The third-order valence-corrected chi connectivity index (χ3v) is 1.91. The van der Waals surface area contributed by atoms with E-state index in [9.17, 15) is 4.79 Å². The number of hydrogen-bond donors (Lipinski definition) is 0. The Morgan fingerprint density at radius 1 is 1.50 bits per heavy atom. The number of rotatable bonds is 0. The molecule has 2 heterocycles. The number of fused-ring (bicyclic) bond motifs is 1. The molecule has 0 radical (unpaired) electrons. The molecule has 12 heavy (non-hydrogen) atoms. The number of nitrogens with zero attached hydrogens (tertiary/aromatic N) is 1. The van der Waals surface area contributed by atoms with Gasteiger partial charge < -0.3 is 4.74 Å². The summed E-state index contributed by atoms with van der Waals surface area (Å²) >= 11 is 5.62. The van der Waals surface area contributed by atoms with Crippen molar-refractivity contribution in [1.29, 1.82) is 0 Å². The molecule has 0 unspecified atom stereocenters. The molecular weight excluding hydrogens is 178 g/mol. The first kappa shape index (κ1) is 7.55. The van der Waals surface area contributed by atoms with Gasteiger partial charge in [0.15, 0.2) is 5.78 Å². The first-order chi connectivity index (χ1) is 5.77. The van der Waals surface area contributed by atoms with E-state index in [0.717, 1.165) is 0 Å². The number of Topliss-reactive ketones (excluding diaryl/α,β-unsaturated/α-hetero) is 1. The summed E-state index contributed by atoms with van der Waals surface area (Å²) in [7, 11) is 0. The van der Waals surface area contributed by atoms with Gasteiger partial charge in [0, 0.05) is 6.42 Å². The van der Waals surface area contributed by atoms with Gasteiger partial charge in [-0.25, -0.2) is 4.98 Å². The lowest BCUT2D eigenvalue weighted by Crippen LogP contribution is -2.16. The first-order valence-electron chi connectivity index (χ1n) is 3.60. The van der Waals surface area contributed by atoms with Gasteiger partial charge in [-0.1, -0.05) is 11.6 Å². The molecular formula is C8H6ClNO2. The molecule has 0 spiro atoms. The predicted molar refractivity (Wildman–Crippen MR) is 43.7 cm³/mol. The number of ketones is 1. The Balaban J connectivity index is 2.53. The Bertz CT molecular complexity index is 338. The summed E-state index contributed by atoms with van der Waals surface area (Å²) in [5.74, 6) is 0.430. The molecule has 1 aliphatic heterocycles. The smallest absolute Gasteiger partial charge is 0.225 e. The summed E-state index contributed by atoms with van der Waals surface area (Å²) < 4.78 is 5.16. The largest absolute Gasteiger partial charge is 0.477 e. The van der Waals surface area contributed by atoms with Gasteiger partial charge in [0.25, 0.3) is 0 Å². The van der Waals surface area contributed by atoms with Crippen LogP contribution in [-0.2, 0) is 0 Å². The molecule has 0 amide bonds. The molecule has 3 nitrogen and oxygen atoms in total. The number of carbonyl (C=O) groups is 1. The minimum absolute atomic E-state index is 0.0698. The Morgan fingerprint density at radius 3 is 3.17 bits per heavy atom. The van der Waals surface area contributed by atoms with Crippen LogP contribution in [0.4, 0.5) is 0 Å². The zero-order valence-electron chi connectivity index (χ0n) is 6.21. The number of halogens is 1. The molecule has 0 saturated carbocycles. The zero-order chi connectivity index (χ0) is 8.55. The van der Waals surface area contributed by atoms with E-state index in [0.29, 0.717) is 29.6 Å². The molecule has 0 aliphatic carbocycles. The molecule has 4 heteroatoms. The summed E-state index contributed by atoms with van der Waals surface area (Å²) in [6, 6.07) is 3.24. The number of ether oxygens (including phenoxy) is 1. The van der Waals surface area contributed by atoms with Crippen LogP contribution in [0.15, 0.2) is 12.1 Å². The molecule has 0 N–H and O–H groups in total. The predicted octanol–water partition coefficient (Wildman–Crippen LogP) is 1.70. The summed E-state index contributed by atoms with van der Waals surface area (Å²) in [5.41, 5.74) is 0.533. The molecule has 0 fully saturated rings. The SMILES string of the molecule is O=C1CCOc2nc(Cl)ccc21. The van der Waals surface area contributed by atoms with Gasteiger partial charge in [0.2, 0.25) is 5.88 Å². The minimum atomic E-state index is 0.0698. The minimum Gasteiger partial charge on any atom is -0.477 e. The summed E-state index contributed by atoms with van der Waals surface area (Å²) in [4.78, 5) is 15.1. The molecule has 0 aromatic carbocycles. The van der Waals surface area contributed by atoms with Crippen molar-refractivity contribution >= 4 is 17.4 Å². The molecule has 2 rings (SSSR count). The van der Waals surface area contributed by atoms with Crippen LogP contribution in [0.3, 0.4) is 0 Å². The lowest BCUT2D eigenvalue weighted by molar-refractivity contribution is 0.0929. The fourth-order valence-corrected chi connectivity index (χ4v) is 1.25. The van der Waals surface area contributed by atoms with E-state index in [2.05, 4.69) is 4.98 Å². The van der Waals surface area contributed by atoms with Gasteiger partial charge in [-0.2, -0.15) is 0 Å². The van der Waals surface area contributed by atoms with Crippen molar-refractivity contribution in [2.24, 2.45) is 0 Å². The van der Waals surface area contributed by atoms with Gasteiger partial charge in [-0.15, -0.1) is 0 Å². The van der Waals surface area contributed by atoms with E-state index in [4.69, 9.17) is 16.3 Å². The highest BCUT2D eigenvalue weighted by Gasteiger charge is 2.19. The lowest BCUT2D eigenvalue weighted by Gasteiger charge is -2.14. The number of carbonyl (C=O) groups excluding carboxylic acids is 1. The molecule has 0 bridgehead atoms. The van der Waals surface area contributed by atoms with E-state index in [1.54, 1.807) is 12.1 Å². The van der Waals surface area contributed by atoms with Crippen LogP contribution < -0.4 is 4.74 Å². The van der Waals surface area contributed by atoms with E-state index < -0.39 is 0 Å². The average Bonchev–Trinajstić information content (AvgIpc) is 2.04. The Morgan fingerprint density at radius 2 is 2.33 bits per heavy atom. The van der Waals surface area contributed by atoms with Crippen LogP contribution in [0.5, 0.6) is 5.88 Å². The zero-order valence-corrected chi connectivity index (χ0v) is 6.97. The van der Waals surface area contributed by atoms with Crippen molar-refractivity contribution in [3.63, 3.8) is 0 Å². The maximum Gasteiger partial charge on any atom is 0.225 e. The van der Waals surface area contributed by atoms with Crippen molar-refractivity contribution in [2.75, 3.05) is 6.61 Å². The van der Waals surface area contributed by atoms with Crippen molar-refractivity contribution in [2.45, 2.75) is 6.42 Å². The van der Waals surface area contributed by atoms with Gasteiger partial charge in [0.05, 0.1) is 12.2 Å². The number of hydrogen-bond acceptors (Lipinski definition) is 3. The fraction of sp³-hybridized carbons (Fsp3) is 0.250. The van der Waals surface area contributed by atoms with Gasteiger partial charge in [0.1, 0.15) is 5.15 Å². The summed E-state index contributed by atoms with van der Waals surface area (Å²) in [6.45, 7) is 0.402. The third kappa shape index (κ3) is 1.16. The van der Waals surface area contributed by atoms with Crippen molar-refractivity contribution in [3.05, 3.63) is 22.8 Å². The summed E-state index contributed by atoms with van der Waals surface area (Å²) in [6.07, 6.45) is 0.427. The second-order valence-corrected chi connectivity index (χ2v) is 2.90. The highest BCUT2D eigenvalue weighted by Crippen LogP contribution is 2.23. The van der Waals surface area contributed by atoms with Crippen LogP contribution in [0, 0.1) is 0 Å². The lowest BCUT2D eigenvalue weighted by atomic mass is 10.1. The Kier molecular flexibility index (Phi) is 1.73. The molecule has 0 atom stereocenters. The Labute approximate surface area is 74.3 Å². The fourth-order valence-electron chi connectivity index (χ4n) is 1.12. The monoisotopic (exact) mass is 183 g/mol. The average molecular weight is 184 g/mol. The number of aromatic nitrogens is 1. The second kappa shape index (κ2) is 2.75. The highest BCUT2D eigenvalue weighted by atomic mass is 35.5. The van der Waals surface area contributed by atoms with E-state index in [1.165, 1.54) is 0 Å². The van der Waals surface area contributed by atoms with E-state index in [-0.39, 0.29) is 5.78 Å². The number of pyridine rings is 1. The molecule has 1 aromatic rings. The highest BCUT2D eigenvalue weighted by molar-refractivity contribution is 6.29. The third-order valence-electron chi connectivity index (χ3n) is 1.69. The van der Waals surface area contributed by atoms with Crippen LogP contribution in [0.25, 0.3) is 0 Å². The second-order valence-electron chi connectivity index (χ2n) is 2.51. The molecule has 62 valence electrons. The van der Waals surface area contributed by atoms with Crippen LogP contribution in [-0.4, -0.2) is 17.4 Å². The molecule has 0 saturated heterocycles. The van der Waals surface area contributed by atoms with Crippen molar-refractivity contribution in [3.8, 4) is 5.88 Å². The van der Waals surface area contributed by atoms with Gasteiger partial charge in [-0.05, 0) is 12.1 Å². The van der Waals surface area contributed by atoms with Crippen LogP contribution >= 0.6 is 11.6 Å². The topological polar surface area (TPSA) is 39.2 Å². The quantitative estimate of drug-likeness (QED) is 0.575. The molecule has 1 aliphatic rings. The van der Waals surface area contributed by atoms with E-state index >= 15 is 0 Å². The van der Waals surface area contributed by atoms with Crippen LogP contribution in [0.1, 0.15) is 16.8 Å². The van der Waals surface area contributed by atoms with Gasteiger partial charge in [-0.3, -0.25) is 4.79 Å². The first-order valence-corrected chi connectivity index (χ1v) is 3.98. The summed E-state index contributed by atoms with van der Waals surface area (Å²) in [5, 5.41) is 0.350. The van der Waals surface area contributed by atoms with Crippen LogP contribution in [0.2, 0.25) is 5.15 Å². The normalized spacial score (nSPS) is 15.2.